The Balaban J connectivity index is 1.62. The smallest absolute Gasteiger partial charge is 0.319 e. The first-order chi connectivity index (χ1) is 12.7. The highest BCUT2D eigenvalue weighted by Crippen LogP contribution is 2.23. The van der Waals surface area contributed by atoms with Gasteiger partial charge in [0, 0.05) is 24.8 Å². The molecule has 1 aromatic heterocycles. The summed E-state index contributed by atoms with van der Waals surface area (Å²) in [6, 6.07) is 8.96. The summed E-state index contributed by atoms with van der Waals surface area (Å²) in [6.07, 6.45) is 3.66. The number of piperidine rings is 1. The molecule has 2 aromatic rings. The largest absolute Gasteiger partial charge is 0.495 e. The summed E-state index contributed by atoms with van der Waals surface area (Å²) in [5, 5.41) is 5.59. The Morgan fingerprint density at radius 3 is 2.73 bits per heavy atom. The summed E-state index contributed by atoms with van der Waals surface area (Å²) in [4.78, 5) is 23.5. The van der Waals surface area contributed by atoms with Crippen molar-refractivity contribution in [3.8, 4) is 5.75 Å². The molecule has 1 saturated heterocycles. The molecule has 1 fully saturated rings. The van der Waals surface area contributed by atoms with Crippen LogP contribution in [0.2, 0.25) is 0 Å². The number of para-hydroxylation sites is 2. The Hall–Kier alpha value is -2.83. The maximum absolute atomic E-state index is 12.2. The van der Waals surface area contributed by atoms with Crippen molar-refractivity contribution in [1.29, 1.82) is 0 Å². The third-order valence-electron chi connectivity index (χ3n) is 4.33. The highest BCUT2D eigenvalue weighted by Gasteiger charge is 2.14. The van der Waals surface area contributed by atoms with Crippen LogP contribution in [0, 0.1) is 6.92 Å². The molecule has 0 bridgehead atoms. The average Bonchev–Trinajstić information content (AvgIpc) is 2.67. The summed E-state index contributed by atoms with van der Waals surface area (Å²) in [7, 11) is 1.57. The van der Waals surface area contributed by atoms with E-state index in [-0.39, 0.29) is 12.6 Å². The van der Waals surface area contributed by atoms with Gasteiger partial charge in [0.2, 0.25) is 0 Å². The van der Waals surface area contributed by atoms with E-state index in [0.29, 0.717) is 17.3 Å². The molecule has 7 nitrogen and oxygen atoms in total. The number of nitrogens with zero attached hydrogens (tertiary/aromatic N) is 3. The number of ether oxygens (including phenoxy) is 1. The molecule has 3 rings (SSSR count). The van der Waals surface area contributed by atoms with E-state index < -0.39 is 0 Å². The summed E-state index contributed by atoms with van der Waals surface area (Å²) >= 11 is 0. The van der Waals surface area contributed by atoms with Crippen LogP contribution in [0.4, 0.5) is 16.3 Å². The molecule has 0 aliphatic carbocycles. The number of carbonyl (C=O) groups excluding carboxylic acids is 1. The van der Waals surface area contributed by atoms with Gasteiger partial charge in [0.05, 0.1) is 19.3 Å². The first kappa shape index (κ1) is 18.0. The maximum atomic E-state index is 12.2. The topological polar surface area (TPSA) is 79.4 Å². The SMILES string of the molecule is COc1ccccc1NC(=O)NCc1nc(C)cc(N2CCCCC2)n1. The first-order valence-electron chi connectivity index (χ1n) is 8.93. The Bertz CT molecular complexity index is 759. The van der Waals surface area contributed by atoms with Crippen molar-refractivity contribution in [2.75, 3.05) is 30.4 Å². The van der Waals surface area contributed by atoms with Crippen LogP contribution < -0.4 is 20.3 Å². The molecular weight excluding hydrogens is 330 g/mol. The molecule has 7 heteroatoms. The van der Waals surface area contributed by atoms with E-state index in [2.05, 4.69) is 25.5 Å². The Kier molecular flexibility index (Phi) is 5.88. The van der Waals surface area contributed by atoms with E-state index in [4.69, 9.17) is 4.74 Å². The molecule has 2 amide bonds. The second-order valence-electron chi connectivity index (χ2n) is 6.34. The van der Waals surface area contributed by atoms with Gasteiger partial charge in [-0.15, -0.1) is 0 Å². The number of hydrogen-bond acceptors (Lipinski definition) is 5. The second-order valence-corrected chi connectivity index (χ2v) is 6.34. The third-order valence-corrected chi connectivity index (χ3v) is 4.33. The molecule has 138 valence electrons. The molecular formula is C19H25N5O2. The fourth-order valence-corrected chi connectivity index (χ4v) is 3.05. The van der Waals surface area contributed by atoms with E-state index >= 15 is 0 Å². The minimum Gasteiger partial charge on any atom is -0.495 e. The standard InChI is InChI=1S/C19H25N5O2/c1-14-12-18(24-10-6-3-7-11-24)23-17(21-14)13-20-19(25)22-15-8-4-5-9-16(15)26-2/h4-5,8-9,12H,3,6-7,10-11,13H2,1-2H3,(H2,20,22,25). The van der Waals surface area contributed by atoms with Crippen LogP contribution in [0.1, 0.15) is 30.8 Å². The maximum Gasteiger partial charge on any atom is 0.319 e. The molecule has 0 spiro atoms. The molecule has 0 radical (unpaired) electrons. The molecule has 0 saturated carbocycles. The highest BCUT2D eigenvalue weighted by atomic mass is 16.5. The summed E-state index contributed by atoms with van der Waals surface area (Å²) in [5.41, 5.74) is 1.52. The number of methoxy groups -OCH3 is 1. The van der Waals surface area contributed by atoms with Gasteiger partial charge >= 0.3 is 6.03 Å². The number of carbonyl (C=O) groups is 1. The Labute approximate surface area is 153 Å². The van der Waals surface area contributed by atoms with Crippen molar-refractivity contribution in [1.82, 2.24) is 15.3 Å². The fraction of sp³-hybridized carbons (Fsp3) is 0.421. The number of anilines is 2. The normalized spacial score (nSPS) is 14.0. The molecule has 1 aromatic carbocycles. The van der Waals surface area contributed by atoms with Gasteiger partial charge in [0.25, 0.3) is 0 Å². The van der Waals surface area contributed by atoms with Crippen LogP contribution in [0.25, 0.3) is 0 Å². The predicted molar refractivity (Wildman–Crippen MR) is 102 cm³/mol. The van der Waals surface area contributed by atoms with Gasteiger partial charge in [-0.2, -0.15) is 0 Å². The van der Waals surface area contributed by atoms with Gasteiger partial charge in [-0.3, -0.25) is 0 Å². The van der Waals surface area contributed by atoms with Gasteiger partial charge in [0.15, 0.2) is 0 Å². The number of rotatable bonds is 5. The number of benzene rings is 1. The van der Waals surface area contributed by atoms with Gasteiger partial charge in [0.1, 0.15) is 17.4 Å². The molecule has 1 aliphatic rings. The summed E-state index contributed by atoms with van der Waals surface area (Å²) < 4.78 is 5.23. The van der Waals surface area contributed by atoms with Gasteiger partial charge < -0.3 is 20.3 Å². The number of nitrogens with one attached hydrogen (secondary N) is 2. The fourth-order valence-electron chi connectivity index (χ4n) is 3.05. The van der Waals surface area contributed by atoms with Gasteiger partial charge in [-0.25, -0.2) is 14.8 Å². The van der Waals surface area contributed by atoms with E-state index in [1.807, 2.05) is 25.1 Å². The zero-order chi connectivity index (χ0) is 18.4. The molecule has 2 heterocycles. The lowest BCUT2D eigenvalue weighted by Gasteiger charge is -2.28. The highest BCUT2D eigenvalue weighted by molar-refractivity contribution is 5.90. The monoisotopic (exact) mass is 355 g/mol. The van der Waals surface area contributed by atoms with Crippen LogP contribution in [-0.2, 0) is 6.54 Å². The van der Waals surface area contributed by atoms with Crippen molar-refractivity contribution in [2.24, 2.45) is 0 Å². The zero-order valence-corrected chi connectivity index (χ0v) is 15.3. The number of aromatic nitrogens is 2. The molecule has 0 unspecified atom stereocenters. The van der Waals surface area contributed by atoms with Crippen LogP contribution >= 0.6 is 0 Å². The van der Waals surface area contributed by atoms with Crippen molar-refractivity contribution in [3.63, 3.8) is 0 Å². The van der Waals surface area contributed by atoms with Gasteiger partial charge in [-0.1, -0.05) is 12.1 Å². The van der Waals surface area contributed by atoms with Crippen molar-refractivity contribution < 1.29 is 9.53 Å². The van der Waals surface area contributed by atoms with E-state index in [9.17, 15) is 4.79 Å². The summed E-state index contributed by atoms with van der Waals surface area (Å²) in [5.74, 6) is 2.17. The number of urea groups is 1. The van der Waals surface area contributed by atoms with Crippen molar-refractivity contribution >= 4 is 17.5 Å². The molecule has 0 atom stereocenters. The zero-order valence-electron chi connectivity index (χ0n) is 15.3. The molecule has 2 N–H and O–H groups in total. The molecule has 26 heavy (non-hydrogen) atoms. The van der Waals surface area contributed by atoms with Crippen molar-refractivity contribution in [2.45, 2.75) is 32.7 Å². The Morgan fingerprint density at radius 1 is 1.19 bits per heavy atom. The van der Waals surface area contributed by atoms with Crippen LogP contribution in [0.3, 0.4) is 0 Å². The lowest BCUT2D eigenvalue weighted by Crippen LogP contribution is -2.32. The predicted octanol–water partition coefficient (Wildman–Crippen LogP) is 3.11. The number of aryl methyl sites for hydroxylation is 1. The van der Waals surface area contributed by atoms with E-state index in [1.54, 1.807) is 19.2 Å². The molecule has 1 aliphatic heterocycles. The number of amides is 2. The lowest BCUT2D eigenvalue weighted by molar-refractivity contribution is 0.251. The van der Waals surface area contributed by atoms with Crippen LogP contribution in [-0.4, -0.2) is 36.2 Å². The Morgan fingerprint density at radius 2 is 1.96 bits per heavy atom. The van der Waals surface area contributed by atoms with Crippen molar-refractivity contribution in [3.05, 3.63) is 41.9 Å². The average molecular weight is 355 g/mol. The number of hydrogen-bond donors (Lipinski definition) is 2. The van der Waals surface area contributed by atoms with E-state index in [0.717, 1.165) is 24.6 Å². The summed E-state index contributed by atoms with van der Waals surface area (Å²) in [6.45, 7) is 4.27. The van der Waals surface area contributed by atoms with Crippen LogP contribution in [0.5, 0.6) is 5.75 Å². The second kappa shape index (κ2) is 8.51. The quantitative estimate of drug-likeness (QED) is 0.861. The lowest BCUT2D eigenvalue weighted by atomic mass is 10.1. The first-order valence-corrected chi connectivity index (χ1v) is 8.93. The van der Waals surface area contributed by atoms with Gasteiger partial charge in [-0.05, 0) is 38.3 Å². The minimum atomic E-state index is -0.320. The van der Waals surface area contributed by atoms with E-state index in [1.165, 1.54) is 19.3 Å². The minimum absolute atomic E-state index is 0.267. The third kappa shape index (κ3) is 4.62. The van der Waals surface area contributed by atoms with Crippen LogP contribution in [0.15, 0.2) is 30.3 Å².